The molecule has 9 aromatic rings. The lowest BCUT2D eigenvalue weighted by atomic mass is 9.79. The Bertz CT molecular complexity index is 3930. The van der Waals surface area contributed by atoms with E-state index >= 15 is 0 Å². The molecule has 0 bridgehead atoms. The van der Waals surface area contributed by atoms with Gasteiger partial charge in [0.25, 0.3) is 0 Å². The van der Waals surface area contributed by atoms with Crippen LogP contribution in [0.2, 0.25) is 0 Å². The molecule has 0 atom stereocenters. The minimum Gasteiger partial charge on any atom is -0.507 e. The van der Waals surface area contributed by atoms with E-state index < -0.39 is 99.5 Å². The minimum absolute atomic E-state index is 0.00319. The van der Waals surface area contributed by atoms with Gasteiger partial charge >= 0.3 is 0 Å². The van der Waals surface area contributed by atoms with Crippen molar-refractivity contribution in [3.8, 4) is 78.6 Å². The van der Waals surface area contributed by atoms with Crippen LogP contribution in [0.25, 0.3) is 83.9 Å². The molecule has 0 aliphatic heterocycles. The maximum absolute atomic E-state index is 13.0. The Balaban J connectivity index is 1.47. The number of pyridine rings is 1. The van der Waals surface area contributed by atoms with Gasteiger partial charge in [-0.2, -0.15) is 0 Å². The highest BCUT2D eigenvalue weighted by atomic mass is 16.3. The summed E-state index contributed by atoms with van der Waals surface area (Å²) in [6.07, 6.45) is 1.57. The van der Waals surface area contributed by atoms with Gasteiger partial charge in [0, 0.05) is 55.8 Å². The summed E-state index contributed by atoms with van der Waals surface area (Å²) in [5.74, 6) is -2.20. The number of phenols is 1. The fourth-order valence-electron chi connectivity index (χ4n) is 7.76. The lowest BCUT2D eigenvalue weighted by Gasteiger charge is -2.27. The Morgan fingerprint density at radius 1 is 0.516 bits per heavy atom. The number of imidazole rings is 1. The molecule has 0 fully saturated rings. The van der Waals surface area contributed by atoms with Gasteiger partial charge in [-0.05, 0) is 129 Å². The average molecular weight is 832 g/mol. The summed E-state index contributed by atoms with van der Waals surface area (Å²) in [4.78, 5) is 9.74. The minimum atomic E-state index is -4.25. The van der Waals surface area contributed by atoms with Crippen LogP contribution in [0, 0.1) is 13.7 Å². The van der Waals surface area contributed by atoms with Crippen LogP contribution < -0.4 is 0 Å². The van der Waals surface area contributed by atoms with E-state index in [1.165, 1.54) is 30.3 Å². The van der Waals surface area contributed by atoms with Crippen molar-refractivity contribution in [3.63, 3.8) is 0 Å². The number of phenolic OH excluding ortho intramolecular Hbond substituents is 1. The molecular formula is C58H53N3O. The molecule has 62 heavy (non-hydrogen) atoms. The van der Waals surface area contributed by atoms with Crippen LogP contribution in [0.15, 0.2) is 170 Å². The molecule has 4 nitrogen and oxygen atoms in total. The van der Waals surface area contributed by atoms with Crippen molar-refractivity contribution in [1.82, 2.24) is 14.5 Å². The van der Waals surface area contributed by atoms with Crippen molar-refractivity contribution in [1.29, 1.82) is 0 Å². The van der Waals surface area contributed by atoms with Crippen LogP contribution >= 0.6 is 0 Å². The van der Waals surface area contributed by atoms with E-state index in [-0.39, 0.29) is 33.9 Å². The number of para-hydroxylation sites is 1. The first-order valence-corrected chi connectivity index (χ1v) is 19.5. The first kappa shape index (κ1) is 21.2. The zero-order valence-electron chi connectivity index (χ0n) is 57.0. The van der Waals surface area contributed by atoms with Crippen LogP contribution in [-0.2, 0) is 10.8 Å². The summed E-state index contributed by atoms with van der Waals surface area (Å²) in [5.41, 5.74) is -7.55. The first-order valence-electron chi connectivity index (χ1n) is 31.5. The van der Waals surface area contributed by atoms with E-state index in [1.807, 2.05) is 36.4 Å². The molecule has 2 heterocycles. The molecule has 1 N–H and O–H groups in total. The van der Waals surface area contributed by atoms with Gasteiger partial charge in [-0.15, -0.1) is 0 Å². The number of fused-ring (bicyclic) bond motifs is 1. The molecule has 0 aliphatic rings. The first-order chi connectivity index (χ1) is 39.6. The number of aromatic hydroxyl groups is 1. The highest BCUT2D eigenvalue weighted by Crippen LogP contribution is 2.45. The Labute approximate surface area is 400 Å². The quantitative estimate of drug-likeness (QED) is 0.174. The Kier molecular flexibility index (Phi) is 5.38. The number of aryl methyl sites for hydroxylation is 2. The summed E-state index contributed by atoms with van der Waals surface area (Å²) in [6, 6.07) is 42.8. The van der Waals surface area contributed by atoms with Gasteiger partial charge in [0.15, 0.2) is 0 Å². The SMILES string of the molecule is [2H]C([2H])([2H])c1ccc(-c2ccnc(-c3cc(-c4ccccc4)cc(-c4cccc5c4nc(-c4cc(C(C([2H])([2H])[2H])(C([2H])([2H])[2H])C([2H])([2H])[2H])cc(C(C([2H])([2H])[2H])(C([2H])([2H])[2H])C([2H])([2H])[2H])c4O)n5-c4ccc(-c5ccccc5)cc4C([2H])([2H])[2H])c3)c2)cc1. The Hall–Kier alpha value is -7.04. The second-order valence-electron chi connectivity index (χ2n) is 15.1. The van der Waals surface area contributed by atoms with Gasteiger partial charge in [0.2, 0.25) is 0 Å². The molecular weight excluding hydrogens is 755 g/mol. The van der Waals surface area contributed by atoms with Gasteiger partial charge in [-0.1, -0.05) is 156 Å². The normalized spacial score (nSPS) is 19.3. The van der Waals surface area contributed by atoms with Gasteiger partial charge in [0.1, 0.15) is 11.6 Å². The van der Waals surface area contributed by atoms with Crippen LogP contribution in [0.1, 0.15) is 96.3 Å². The predicted molar refractivity (Wildman–Crippen MR) is 260 cm³/mol. The smallest absolute Gasteiger partial charge is 0.149 e. The highest BCUT2D eigenvalue weighted by Gasteiger charge is 2.29. The van der Waals surface area contributed by atoms with Crippen molar-refractivity contribution < 1.29 is 38.0 Å². The second kappa shape index (κ2) is 15.8. The van der Waals surface area contributed by atoms with Gasteiger partial charge in [0.05, 0.1) is 28.0 Å². The summed E-state index contributed by atoms with van der Waals surface area (Å²) >= 11 is 0. The molecule has 306 valence electrons. The number of hydrogen-bond acceptors (Lipinski definition) is 3. The van der Waals surface area contributed by atoms with Gasteiger partial charge in [-0.25, -0.2) is 4.98 Å². The molecule has 0 spiro atoms. The van der Waals surface area contributed by atoms with E-state index in [2.05, 4.69) is 0 Å². The molecule has 0 saturated carbocycles. The Morgan fingerprint density at radius 3 is 1.89 bits per heavy atom. The molecule has 0 unspecified atom stereocenters. The number of aromatic nitrogens is 3. The predicted octanol–water partition coefficient (Wildman–Crippen LogP) is 15.3. The van der Waals surface area contributed by atoms with Crippen molar-refractivity contribution in [2.24, 2.45) is 0 Å². The summed E-state index contributed by atoms with van der Waals surface area (Å²) in [5, 5.41) is 13.0. The fourth-order valence-corrected chi connectivity index (χ4v) is 7.76. The standard InChI is InChI=1S/C58H53N3O/c1-37-22-24-41(25-23-37)43-28-29-59-51(34-43)46-32-44(40-18-13-10-14-19-40)31-45(33-46)48-20-15-21-53-54(48)60-56(49-35-47(57(3,4)5)36-50(55(49)62)58(6,7)8)61(53)52-27-26-42(30-38(52)2)39-16-11-9-12-17-39/h9-36,62H,1-8H3/i1D3,2D3,3D3,4D3,5D3,6D3,7D3,8D3. The zero-order chi connectivity index (χ0) is 63.3. The van der Waals surface area contributed by atoms with E-state index in [9.17, 15) is 5.11 Å². The molecule has 9 rings (SSSR count). The molecule has 0 radical (unpaired) electrons. The fraction of sp³-hybridized carbons (Fsp3) is 0.172. The number of rotatable bonds is 7. The van der Waals surface area contributed by atoms with Crippen molar-refractivity contribution in [2.45, 2.75) is 65.6 Å². The topological polar surface area (TPSA) is 50.9 Å². The third-order valence-corrected chi connectivity index (χ3v) is 10.8. The van der Waals surface area contributed by atoms with Crippen molar-refractivity contribution in [3.05, 3.63) is 192 Å². The summed E-state index contributed by atoms with van der Waals surface area (Å²) < 4.78 is 209. The third kappa shape index (κ3) is 7.74. The summed E-state index contributed by atoms with van der Waals surface area (Å²) in [6.45, 7) is -30.5. The molecule has 0 amide bonds. The van der Waals surface area contributed by atoms with E-state index in [4.69, 9.17) is 42.9 Å². The maximum atomic E-state index is 13.0. The number of benzene rings is 7. The molecule has 0 saturated heterocycles. The average Bonchev–Trinajstić information content (AvgIpc) is 0.768. The number of nitrogens with zero attached hydrogens (tertiary/aromatic N) is 3. The van der Waals surface area contributed by atoms with Crippen LogP contribution in [-0.4, -0.2) is 19.6 Å². The van der Waals surface area contributed by atoms with Gasteiger partial charge in [-0.3, -0.25) is 9.55 Å². The zero-order valence-corrected chi connectivity index (χ0v) is 33.0. The van der Waals surface area contributed by atoms with Crippen LogP contribution in [0.4, 0.5) is 0 Å². The lowest BCUT2D eigenvalue weighted by Crippen LogP contribution is -2.17. The lowest BCUT2D eigenvalue weighted by molar-refractivity contribution is 0.446. The van der Waals surface area contributed by atoms with E-state index in [0.717, 1.165) is 10.1 Å². The van der Waals surface area contributed by atoms with E-state index in [1.54, 1.807) is 91.1 Å². The van der Waals surface area contributed by atoms with Crippen molar-refractivity contribution in [2.75, 3.05) is 0 Å². The largest absolute Gasteiger partial charge is 0.507 e. The monoisotopic (exact) mass is 832 g/mol. The Morgan fingerprint density at radius 2 is 1.18 bits per heavy atom. The molecule has 2 aromatic heterocycles. The highest BCUT2D eigenvalue weighted by molar-refractivity contribution is 5.98. The second-order valence-corrected chi connectivity index (χ2v) is 15.1. The molecule has 0 aliphatic carbocycles. The van der Waals surface area contributed by atoms with Crippen LogP contribution in [0.5, 0.6) is 5.75 Å². The van der Waals surface area contributed by atoms with Gasteiger partial charge < -0.3 is 5.11 Å². The third-order valence-electron chi connectivity index (χ3n) is 10.8. The summed E-state index contributed by atoms with van der Waals surface area (Å²) in [7, 11) is 0. The maximum Gasteiger partial charge on any atom is 0.149 e. The van der Waals surface area contributed by atoms with Crippen molar-refractivity contribution >= 4 is 11.0 Å². The molecule has 7 aromatic carbocycles. The molecule has 4 heteroatoms. The van der Waals surface area contributed by atoms with E-state index in [0.29, 0.717) is 50.7 Å². The van der Waals surface area contributed by atoms with Crippen LogP contribution in [0.3, 0.4) is 0 Å². The number of hydrogen-bond donors (Lipinski definition) is 1.